The third kappa shape index (κ3) is 1.62. The van der Waals surface area contributed by atoms with Crippen LogP contribution in [0, 0.1) is 13.8 Å². The van der Waals surface area contributed by atoms with Gasteiger partial charge < -0.3 is 9.67 Å². The van der Waals surface area contributed by atoms with Gasteiger partial charge >= 0.3 is 5.97 Å². The molecule has 0 bridgehead atoms. The normalized spacial score (nSPS) is 11.4. The third-order valence-corrected chi connectivity index (χ3v) is 3.70. The molecule has 0 spiro atoms. The average Bonchev–Trinajstić information content (AvgIpc) is 2.57. The highest BCUT2D eigenvalue weighted by molar-refractivity contribution is 6.00. The predicted molar refractivity (Wildman–Crippen MR) is 73.4 cm³/mol. The molecule has 1 N–H and O–H groups in total. The van der Waals surface area contributed by atoms with Gasteiger partial charge in [0.1, 0.15) is 5.69 Å². The second-order valence-electron chi connectivity index (χ2n) is 5.18. The van der Waals surface area contributed by atoms with Crippen LogP contribution >= 0.6 is 0 Å². The first-order chi connectivity index (χ1) is 8.36. The number of benzene rings is 1. The van der Waals surface area contributed by atoms with Gasteiger partial charge in [-0.3, -0.25) is 0 Å². The Morgan fingerprint density at radius 3 is 2.39 bits per heavy atom. The van der Waals surface area contributed by atoms with E-state index in [4.69, 9.17) is 0 Å². The van der Waals surface area contributed by atoms with E-state index < -0.39 is 5.97 Å². The Bertz CT molecular complexity index is 636. The Hall–Kier alpha value is -1.77. The fourth-order valence-corrected chi connectivity index (χ4v) is 2.71. The minimum atomic E-state index is -0.852. The highest BCUT2D eigenvalue weighted by atomic mass is 16.4. The zero-order valence-electron chi connectivity index (χ0n) is 11.5. The average molecular weight is 245 g/mol. The van der Waals surface area contributed by atoms with E-state index in [9.17, 15) is 9.90 Å². The van der Waals surface area contributed by atoms with E-state index in [0.717, 1.165) is 22.0 Å². The smallest absolute Gasteiger partial charge is 0.352 e. The second kappa shape index (κ2) is 4.16. The minimum absolute atomic E-state index is 0.196. The molecule has 0 atom stereocenters. The van der Waals surface area contributed by atoms with Gasteiger partial charge in [-0.2, -0.15) is 0 Å². The van der Waals surface area contributed by atoms with E-state index in [1.807, 2.05) is 38.5 Å². The van der Waals surface area contributed by atoms with Crippen molar-refractivity contribution in [1.29, 1.82) is 0 Å². The fraction of sp³-hybridized carbons (Fsp3) is 0.400. The van der Waals surface area contributed by atoms with Crippen molar-refractivity contribution in [3.05, 3.63) is 34.5 Å². The van der Waals surface area contributed by atoms with Crippen molar-refractivity contribution < 1.29 is 9.90 Å². The van der Waals surface area contributed by atoms with Gasteiger partial charge in [0.15, 0.2) is 0 Å². The Labute approximate surface area is 107 Å². The number of carboxylic acid groups (broad SMARTS) is 1. The van der Waals surface area contributed by atoms with Crippen LogP contribution < -0.4 is 0 Å². The van der Waals surface area contributed by atoms with Gasteiger partial charge in [-0.05, 0) is 36.5 Å². The molecule has 3 nitrogen and oxygen atoms in total. The number of aryl methyl sites for hydroxylation is 3. The van der Waals surface area contributed by atoms with Crippen molar-refractivity contribution in [1.82, 2.24) is 4.57 Å². The minimum Gasteiger partial charge on any atom is -0.477 e. The Morgan fingerprint density at radius 2 is 1.89 bits per heavy atom. The molecule has 2 rings (SSSR count). The molecule has 0 aliphatic heterocycles. The first-order valence-corrected chi connectivity index (χ1v) is 6.18. The summed E-state index contributed by atoms with van der Waals surface area (Å²) in [5, 5.41) is 10.5. The van der Waals surface area contributed by atoms with Gasteiger partial charge in [-0.15, -0.1) is 0 Å². The summed E-state index contributed by atoms with van der Waals surface area (Å²) in [5.41, 5.74) is 4.73. The maximum atomic E-state index is 11.5. The number of rotatable bonds is 2. The van der Waals surface area contributed by atoms with E-state index in [0.29, 0.717) is 5.69 Å². The Morgan fingerprint density at radius 1 is 1.28 bits per heavy atom. The molecule has 0 saturated heterocycles. The fourth-order valence-electron chi connectivity index (χ4n) is 2.71. The van der Waals surface area contributed by atoms with Crippen LogP contribution in [0.3, 0.4) is 0 Å². The SMILES string of the molecule is Cc1ccc2c(C(C)C)c(C(=O)O)n(C)c2c1C. The summed E-state index contributed by atoms with van der Waals surface area (Å²) in [5.74, 6) is -0.656. The molecule has 1 aromatic carbocycles. The molecular weight excluding hydrogens is 226 g/mol. The van der Waals surface area contributed by atoms with E-state index in [-0.39, 0.29) is 5.92 Å². The van der Waals surface area contributed by atoms with E-state index in [1.165, 1.54) is 5.56 Å². The standard InChI is InChI=1S/C15H19NO2/c1-8(2)12-11-7-6-9(3)10(4)13(11)16(5)14(12)15(17)18/h6-8H,1-5H3,(H,17,18). The maximum absolute atomic E-state index is 11.5. The van der Waals surface area contributed by atoms with E-state index in [2.05, 4.69) is 13.0 Å². The lowest BCUT2D eigenvalue weighted by molar-refractivity contribution is 0.0685. The van der Waals surface area contributed by atoms with Gasteiger partial charge in [-0.25, -0.2) is 4.79 Å². The zero-order chi connectivity index (χ0) is 13.6. The molecule has 0 fully saturated rings. The molecule has 2 aromatic rings. The van der Waals surface area contributed by atoms with Gasteiger partial charge in [-0.1, -0.05) is 26.0 Å². The summed E-state index contributed by atoms with van der Waals surface area (Å²) < 4.78 is 1.81. The summed E-state index contributed by atoms with van der Waals surface area (Å²) in [6.07, 6.45) is 0. The van der Waals surface area contributed by atoms with Gasteiger partial charge in [0.2, 0.25) is 0 Å². The molecular formula is C15H19NO2. The Kier molecular flexibility index (Phi) is 2.93. The molecule has 0 aliphatic carbocycles. The summed E-state index contributed by atoms with van der Waals surface area (Å²) in [6.45, 7) is 8.18. The number of aromatic carboxylic acids is 1. The van der Waals surface area contributed by atoms with Crippen LogP contribution in [0.25, 0.3) is 10.9 Å². The molecule has 0 saturated carbocycles. The lowest BCUT2D eigenvalue weighted by Crippen LogP contribution is -2.08. The lowest BCUT2D eigenvalue weighted by Gasteiger charge is -2.06. The molecule has 96 valence electrons. The first kappa shape index (κ1) is 12.7. The highest BCUT2D eigenvalue weighted by Crippen LogP contribution is 2.34. The van der Waals surface area contributed by atoms with Crippen LogP contribution in [-0.2, 0) is 7.05 Å². The molecule has 1 heterocycles. The van der Waals surface area contributed by atoms with Crippen LogP contribution in [0.1, 0.15) is 46.9 Å². The molecule has 0 aliphatic rings. The molecule has 18 heavy (non-hydrogen) atoms. The molecule has 0 unspecified atom stereocenters. The Balaban J connectivity index is 3.01. The van der Waals surface area contributed by atoms with Crippen molar-refractivity contribution in [3.8, 4) is 0 Å². The van der Waals surface area contributed by atoms with Crippen molar-refractivity contribution in [2.75, 3.05) is 0 Å². The summed E-state index contributed by atoms with van der Waals surface area (Å²) in [6, 6.07) is 4.11. The van der Waals surface area contributed by atoms with Crippen LogP contribution in [-0.4, -0.2) is 15.6 Å². The van der Waals surface area contributed by atoms with Crippen molar-refractivity contribution in [2.45, 2.75) is 33.6 Å². The monoisotopic (exact) mass is 245 g/mol. The van der Waals surface area contributed by atoms with E-state index in [1.54, 1.807) is 0 Å². The van der Waals surface area contributed by atoms with Gasteiger partial charge in [0.05, 0.1) is 5.52 Å². The van der Waals surface area contributed by atoms with Crippen molar-refractivity contribution >= 4 is 16.9 Å². The second-order valence-corrected chi connectivity index (χ2v) is 5.18. The maximum Gasteiger partial charge on any atom is 0.352 e. The number of carboxylic acids is 1. The zero-order valence-corrected chi connectivity index (χ0v) is 11.5. The topological polar surface area (TPSA) is 42.2 Å². The number of carbonyl (C=O) groups is 1. The van der Waals surface area contributed by atoms with Crippen LogP contribution in [0.15, 0.2) is 12.1 Å². The number of hydrogen-bond donors (Lipinski definition) is 1. The molecule has 3 heteroatoms. The third-order valence-electron chi connectivity index (χ3n) is 3.70. The quantitative estimate of drug-likeness (QED) is 0.878. The predicted octanol–water partition coefficient (Wildman–Crippen LogP) is 3.62. The van der Waals surface area contributed by atoms with E-state index >= 15 is 0 Å². The van der Waals surface area contributed by atoms with Crippen LogP contribution in [0.2, 0.25) is 0 Å². The number of nitrogens with zero attached hydrogens (tertiary/aromatic N) is 1. The van der Waals surface area contributed by atoms with Gasteiger partial charge in [0.25, 0.3) is 0 Å². The summed E-state index contributed by atoms with van der Waals surface area (Å²) >= 11 is 0. The first-order valence-electron chi connectivity index (χ1n) is 6.18. The van der Waals surface area contributed by atoms with Crippen LogP contribution in [0.5, 0.6) is 0 Å². The molecule has 0 amide bonds. The van der Waals surface area contributed by atoms with Crippen LogP contribution in [0.4, 0.5) is 0 Å². The summed E-state index contributed by atoms with van der Waals surface area (Å²) in [4.78, 5) is 11.5. The molecule has 1 aromatic heterocycles. The molecule has 0 radical (unpaired) electrons. The number of aromatic nitrogens is 1. The van der Waals surface area contributed by atoms with Crippen molar-refractivity contribution in [2.24, 2.45) is 7.05 Å². The lowest BCUT2D eigenvalue weighted by atomic mass is 9.97. The van der Waals surface area contributed by atoms with Gasteiger partial charge in [0, 0.05) is 12.4 Å². The number of fused-ring (bicyclic) bond motifs is 1. The number of hydrogen-bond acceptors (Lipinski definition) is 1. The highest BCUT2D eigenvalue weighted by Gasteiger charge is 2.23. The van der Waals surface area contributed by atoms with Crippen molar-refractivity contribution in [3.63, 3.8) is 0 Å². The largest absolute Gasteiger partial charge is 0.477 e. The summed E-state index contributed by atoms with van der Waals surface area (Å²) in [7, 11) is 1.84.